The van der Waals surface area contributed by atoms with Crippen LogP contribution in [0.15, 0.2) is 29.2 Å². The molecule has 0 bridgehead atoms. The molecule has 9 heteroatoms. The molecule has 1 aliphatic heterocycles. The number of carbonyl (C=O) groups is 1. The molecule has 154 valence electrons. The normalized spacial score (nSPS) is 19.9. The first-order chi connectivity index (χ1) is 12.1. The molecule has 1 aromatic carbocycles. The Morgan fingerprint density at radius 2 is 1.93 bits per heavy atom. The van der Waals surface area contributed by atoms with Gasteiger partial charge < -0.3 is 16.0 Å². The lowest BCUT2D eigenvalue weighted by Crippen LogP contribution is -2.52. The van der Waals surface area contributed by atoms with Crippen LogP contribution in [0.25, 0.3) is 0 Å². The minimum absolute atomic E-state index is 0. The fraction of sp³-hybridized carbons (Fsp3) is 0.611. The summed E-state index contributed by atoms with van der Waals surface area (Å²) < 4.78 is 22.4. The molecule has 5 N–H and O–H groups in total. The van der Waals surface area contributed by atoms with Crippen LogP contribution in [-0.4, -0.2) is 51.4 Å². The highest BCUT2D eigenvalue weighted by Gasteiger charge is 2.33. The number of likely N-dealkylation sites (tertiary alicyclic amines) is 1. The molecule has 2 rings (SSSR count). The number of sulfonamides is 1. The Hall–Kier alpha value is -1.19. The summed E-state index contributed by atoms with van der Waals surface area (Å²) in [4.78, 5) is 14.4. The van der Waals surface area contributed by atoms with Crippen LogP contribution in [0.1, 0.15) is 32.3 Å². The Labute approximate surface area is 168 Å². The summed E-state index contributed by atoms with van der Waals surface area (Å²) in [6.07, 6.45) is 2.07. The smallest absolute Gasteiger partial charge is 0.238 e. The molecule has 0 aromatic heterocycles. The molecule has 1 aliphatic rings. The predicted molar refractivity (Wildman–Crippen MR) is 109 cm³/mol. The van der Waals surface area contributed by atoms with E-state index in [0.717, 1.165) is 31.6 Å². The number of benzene rings is 1. The van der Waals surface area contributed by atoms with Crippen LogP contribution in [0.4, 0.5) is 0 Å². The van der Waals surface area contributed by atoms with Gasteiger partial charge in [0.05, 0.1) is 4.90 Å². The van der Waals surface area contributed by atoms with Crippen LogP contribution in [-0.2, 0) is 21.2 Å². The highest BCUT2D eigenvalue weighted by Crippen LogP contribution is 2.27. The zero-order valence-electron chi connectivity index (χ0n) is 16.0. The van der Waals surface area contributed by atoms with Gasteiger partial charge in [0, 0.05) is 32.1 Å². The van der Waals surface area contributed by atoms with Gasteiger partial charge in [-0.3, -0.25) is 4.79 Å². The van der Waals surface area contributed by atoms with E-state index in [-0.39, 0.29) is 34.7 Å². The van der Waals surface area contributed by atoms with E-state index < -0.39 is 10.0 Å². The number of rotatable bonds is 7. The number of nitrogens with one attached hydrogen (secondary N) is 1. The summed E-state index contributed by atoms with van der Waals surface area (Å²) in [5, 5.41) is 7.98. The summed E-state index contributed by atoms with van der Waals surface area (Å²) in [5.41, 5.74) is 7.17. The Balaban J connectivity index is 0.00000364. The molecule has 0 saturated carbocycles. The van der Waals surface area contributed by atoms with Crippen LogP contribution >= 0.6 is 12.4 Å². The van der Waals surface area contributed by atoms with Gasteiger partial charge in [0.25, 0.3) is 0 Å². The summed E-state index contributed by atoms with van der Waals surface area (Å²) in [7, 11) is -3.67. The van der Waals surface area contributed by atoms with Crippen molar-refractivity contribution < 1.29 is 13.2 Å². The highest BCUT2D eigenvalue weighted by atomic mass is 35.5. The molecular formula is C18H31ClN4O3S. The lowest BCUT2D eigenvalue weighted by Gasteiger charge is -2.42. The van der Waals surface area contributed by atoms with Crippen LogP contribution < -0.4 is 16.2 Å². The summed E-state index contributed by atoms with van der Waals surface area (Å²) >= 11 is 0. The van der Waals surface area contributed by atoms with E-state index in [1.807, 2.05) is 0 Å². The van der Waals surface area contributed by atoms with Crippen molar-refractivity contribution in [3.05, 3.63) is 29.8 Å². The number of nitrogens with two attached hydrogens (primary N) is 2. The Kier molecular flexibility index (Phi) is 8.69. The van der Waals surface area contributed by atoms with Crippen molar-refractivity contribution in [2.24, 2.45) is 16.3 Å². The fourth-order valence-electron chi connectivity index (χ4n) is 3.22. The van der Waals surface area contributed by atoms with Crippen molar-refractivity contribution in [2.75, 3.05) is 26.2 Å². The monoisotopic (exact) mass is 418 g/mol. The van der Waals surface area contributed by atoms with Gasteiger partial charge in [-0.25, -0.2) is 13.6 Å². The second kappa shape index (κ2) is 9.84. The molecule has 1 saturated heterocycles. The van der Waals surface area contributed by atoms with E-state index in [9.17, 15) is 13.2 Å². The first kappa shape index (κ1) is 23.8. The van der Waals surface area contributed by atoms with E-state index >= 15 is 0 Å². The summed E-state index contributed by atoms with van der Waals surface area (Å²) in [5.74, 6) is 0.0267. The molecule has 1 unspecified atom stereocenters. The maximum Gasteiger partial charge on any atom is 0.238 e. The molecule has 1 atom stereocenters. The van der Waals surface area contributed by atoms with Crippen LogP contribution in [0, 0.1) is 5.41 Å². The molecule has 27 heavy (non-hydrogen) atoms. The third-order valence-corrected chi connectivity index (χ3v) is 5.96. The van der Waals surface area contributed by atoms with Crippen molar-refractivity contribution >= 4 is 28.3 Å². The van der Waals surface area contributed by atoms with Gasteiger partial charge in [0.2, 0.25) is 15.9 Å². The van der Waals surface area contributed by atoms with Crippen molar-refractivity contribution in [3.63, 3.8) is 0 Å². The number of amides is 1. The number of nitrogens with zero attached hydrogens (tertiary/aromatic N) is 1. The number of hydrogen-bond donors (Lipinski definition) is 3. The van der Waals surface area contributed by atoms with Gasteiger partial charge in [-0.05, 0) is 42.5 Å². The lowest BCUT2D eigenvalue weighted by molar-refractivity contribution is -0.121. The van der Waals surface area contributed by atoms with Crippen LogP contribution in [0.3, 0.4) is 0 Å². The predicted octanol–water partition coefficient (Wildman–Crippen LogP) is 0.864. The van der Waals surface area contributed by atoms with Gasteiger partial charge in [0.15, 0.2) is 0 Å². The van der Waals surface area contributed by atoms with Crippen LogP contribution in [0.2, 0.25) is 0 Å². The van der Waals surface area contributed by atoms with E-state index in [0.29, 0.717) is 19.4 Å². The molecular weight excluding hydrogens is 388 g/mol. The summed E-state index contributed by atoms with van der Waals surface area (Å²) in [6, 6.07) is 6.61. The number of primary sulfonamides is 1. The average molecular weight is 419 g/mol. The van der Waals surface area contributed by atoms with Crippen LogP contribution in [0.5, 0.6) is 0 Å². The first-order valence-electron chi connectivity index (χ1n) is 8.94. The van der Waals surface area contributed by atoms with E-state index in [4.69, 9.17) is 10.9 Å². The number of piperidine rings is 1. The van der Waals surface area contributed by atoms with Gasteiger partial charge in [-0.2, -0.15) is 0 Å². The Bertz CT molecular complexity index is 723. The minimum atomic E-state index is -3.67. The molecule has 1 aromatic rings. The molecule has 1 heterocycles. The van der Waals surface area contributed by atoms with Crippen molar-refractivity contribution in [1.29, 1.82) is 0 Å². The average Bonchev–Trinajstić information content (AvgIpc) is 2.55. The fourth-order valence-corrected chi connectivity index (χ4v) is 3.73. The topological polar surface area (TPSA) is 119 Å². The summed E-state index contributed by atoms with van der Waals surface area (Å²) in [6.45, 7) is 7.46. The number of hydrogen-bond acceptors (Lipinski definition) is 5. The van der Waals surface area contributed by atoms with E-state index in [1.54, 1.807) is 12.1 Å². The van der Waals surface area contributed by atoms with Gasteiger partial charge in [0.1, 0.15) is 0 Å². The third kappa shape index (κ3) is 7.38. The first-order valence-corrected chi connectivity index (χ1v) is 10.5. The van der Waals surface area contributed by atoms with Crippen molar-refractivity contribution in [2.45, 2.75) is 44.0 Å². The third-order valence-electron chi connectivity index (χ3n) is 5.03. The Morgan fingerprint density at radius 1 is 1.30 bits per heavy atom. The maximum absolute atomic E-state index is 12.0. The zero-order valence-corrected chi connectivity index (χ0v) is 17.6. The van der Waals surface area contributed by atoms with Gasteiger partial charge in [-0.1, -0.05) is 26.0 Å². The minimum Gasteiger partial charge on any atom is -0.356 e. The van der Waals surface area contributed by atoms with E-state index in [2.05, 4.69) is 24.1 Å². The number of carbonyl (C=O) groups excluding carboxylic acids is 1. The van der Waals surface area contributed by atoms with Gasteiger partial charge >= 0.3 is 0 Å². The highest BCUT2D eigenvalue weighted by molar-refractivity contribution is 7.89. The van der Waals surface area contributed by atoms with E-state index in [1.165, 1.54) is 12.1 Å². The molecule has 0 spiro atoms. The quantitative estimate of drug-likeness (QED) is 0.606. The van der Waals surface area contributed by atoms with Gasteiger partial charge in [-0.15, -0.1) is 12.4 Å². The Morgan fingerprint density at radius 3 is 2.48 bits per heavy atom. The molecule has 0 radical (unpaired) electrons. The standard InChI is InChI=1S/C18H30N4O3S.ClH/c1-18(2)13-22(11-8-16(18)19)12-9-17(23)21-10-7-14-3-5-15(6-4-14)26(20,24)25;/h3-6,16H,7-13,19H2,1-2H3,(H,21,23)(H2,20,24,25);1H. The molecule has 1 amide bonds. The molecule has 7 nitrogen and oxygen atoms in total. The molecule has 0 aliphatic carbocycles. The lowest BCUT2D eigenvalue weighted by atomic mass is 9.80. The zero-order chi connectivity index (χ0) is 19.4. The second-order valence-corrected chi connectivity index (χ2v) is 9.26. The molecule has 1 fully saturated rings. The maximum atomic E-state index is 12.0. The van der Waals surface area contributed by atoms with Crippen molar-refractivity contribution in [3.8, 4) is 0 Å². The largest absolute Gasteiger partial charge is 0.356 e. The van der Waals surface area contributed by atoms with Crippen molar-refractivity contribution in [1.82, 2.24) is 10.2 Å². The SMILES string of the molecule is CC1(C)CN(CCC(=O)NCCc2ccc(S(N)(=O)=O)cc2)CCC1N.Cl. The second-order valence-electron chi connectivity index (χ2n) is 7.70. The number of halogens is 1.